The molecule has 0 saturated carbocycles. The van der Waals surface area contributed by atoms with Gasteiger partial charge in [-0.05, 0) is 31.5 Å². The Balaban J connectivity index is 2.92. The van der Waals surface area contributed by atoms with Gasteiger partial charge >= 0.3 is 5.97 Å². The number of carboxylic acids is 1. The van der Waals surface area contributed by atoms with Gasteiger partial charge in [0.25, 0.3) is 5.56 Å². The molecule has 0 aliphatic rings. The minimum Gasteiger partial charge on any atom is -0.478 e. The van der Waals surface area contributed by atoms with Crippen LogP contribution in [-0.2, 0) is 0 Å². The second kappa shape index (κ2) is 5.72. The first-order valence-corrected chi connectivity index (χ1v) is 6.99. The van der Waals surface area contributed by atoms with E-state index in [1.165, 1.54) is 29.7 Å². The summed E-state index contributed by atoms with van der Waals surface area (Å²) in [5.41, 5.74) is 0.464. The van der Waals surface area contributed by atoms with Crippen molar-refractivity contribution in [3.8, 4) is 5.69 Å². The molecular formula is C14H10Cl3NO3. The molecule has 4 nitrogen and oxygen atoms in total. The number of aromatic carboxylic acids is 1. The number of benzene rings is 1. The summed E-state index contributed by atoms with van der Waals surface area (Å²) < 4.78 is 1.18. The normalized spacial score (nSPS) is 10.7. The van der Waals surface area contributed by atoms with Gasteiger partial charge in [0.15, 0.2) is 0 Å². The average Bonchev–Trinajstić information content (AvgIpc) is 2.30. The minimum atomic E-state index is -1.13. The molecule has 0 amide bonds. The van der Waals surface area contributed by atoms with Crippen LogP contribution in [0, 0.1) is 13.8 Å². The second-order valence-electron chi connectivity index (χ2n) is 4.48. The van der Waals surface area contributed by atoms with E-state index >= 15 is 0 Å². The van der Waals surface area contributed by atoms with Gasteiger partial charge in [-0.3, -0.25) is 9.36 Å². The van der Waals surface area contributed by atoms with Crippen molar-refractivity contribution in [1.82, 2.24) is 4.57 Å². The number of aryl methyl sites for hydroxylation is 1. The molecule has 0 radical (unpaired) electrons. The maximum atomic E-state index is 12.2. The molecule has 0 aliphatic carbocycles. The van der Waals surface area contributed by atoms with Gasteiger partial charge in [0.05, 0.1) is 21.3 Å². The van der Waals surface area contributed by atoms with E-state index in [0.29, 0.717) is 10.6 Å². The molecule has 1 N–H and O–H groups in total. The molecule has 2 rings (SSSR count). The number of nitrogens with zero attached hydrogens (tertiary/aromatic N) is 1. The van der Waals surface area contributed by atoms with Crippen LogP contribution in [0.15, 0.2) is 23.0 Å². The van der Waals surface area contributed by atoms with Crippen molar-refractivity contribution in [1.29, 1.82) is 0 Å². The van der Waals surface area contributed by atoms with Crippen molar-refractivity contribution in [2.24, 2.45) is 0 Å². The van der Waals surface area contributed by atoms with E-state index in [1.54, 1.807) is 6.92 Å². The Labute approximate surface area is 135 Å². The molecule has 0 unspecified atom stereocenters. The van der Waals surface area contributed by atoms with E-state index in [1.807, 2.05) is 0 Å². The number of carboxylic acid groups (broad SMARTS) is 1. The summed E-state index contributed by atoms with van der Waals surface area (Å²) in [6, 6.07) is 4.12. The summed E-state index contributed by atoms with van der Waals surface area (Å²) in [4.78, 5) is 23.6. The third-order valence-corrected chi connectivity index (χ3v) is 3.87. The van der Waals surface area contributed by atoms with Gasteiger partial charge in [-0.2, -0.15) is 0 Å². The molecule has 1 heterocycles. The molecule has 7 heteroatoms. The highest BCUT2D eigenvalue weighted by atomic mass is 35.5. The summed E-state index contributed by atoms with van der Waals surface area (Å²) in [7, 11) is 0. The Morgan fingerprint density at radius 3 is 2.10 bits per heavy atom. The molecule has 1 aromatic heterocycles. The highest BCUT2D eigenvalue weighted by Gasteiger charge is 2.20. The van der Waals surface area contributed by atoms with Gasteiger partial charge in [-0.15, -0.1) is 0 Å². The fourth-order valence-electron chi connectivity index (χ4n) is 2.23. The zero-order valence-electron chi connectivity index (χ0n) is 11.1. The molecule has 0 atom stereocenters. The van der Waals surface area contributed by atoms with Gasteiger partial charge in [0, 0.05) is 16.8 Å². The number of hydrogen-bond donors (Lipinski definition) is 1. The lowest BCUT2D eigenvalue weighted by Crippen LogP contribution is -2.24. The third-order valence-electron chi connectivity index (χ3n) is 3.07. The van der Waals surface area contributed by atoms with E-state index < -0.39 is 11.5 Å². The standard InChI is InChI=1S/C14H10Cl3NO3/c1-6-3-11(19)18(7(2)12(6)14(20)21)13-9(16)4-8(15)5-10(13)17/h3-5H,1-2H3,(H,20,21). The molecule has 0 aliphatic heterocycles. The monoisotopic (exact) mass is 345 g/mol. The Kier molecular flexibility index (Phi) is 4.33. The third kappa shape index (κ3) is 2.79. The Morgan fingerprint density at radius 1 is 1.10 bits per heavy atom. The number of aromatic nitrogens is 1. The first-order valence-electron chi connectivity index (χ1n) is 5.85. The number of carbonyl (C=O) groups is 1. The lowest BCUT2D eigenvalue weighted by atomic mass is 10.1. The van der Waals surface area contributed by atoms with Crippen molar-refractivity contribution in [3.63, 3.8) is 0 Å². The van der Waals surface area contributed by atoms with Crippen molar-refractivity contribution in [2.75, 3.05) is 0 Å². The molecule has 1 aromatic carbocycles. The maximum Gasteiger partial charge on any atom is 0.337 e. The Hall–Kier alpha value is -1.49. The summed E-state index contributed by atoms with van der Waals surface area (Å²) >= 11 is 18.1. The molecule has 0 saturated heterocycles. The van der Waals surface area contributed by atoms with Crippen LogP contribution in [0.25, 0.3) is 5.69 Å². The molecular weight excluding hydrogens is 337 g/mol. The van der Waals surface area contributed by atoms with Crippen LogP contribution < -0.4 is 5.56 Å². The highest BCUT2D eigenvalue weighted by Crippen LogP contribution is 2.32. The molecule has 21 heavy (non-hydrogen) atoms. The Bertz CT molecular complexity index is 789. The van der Waals surface area contributed by atoms with Crippen LogP contribution in [0.5, 0.6) is 0 Å². The number of halogens is 3. The fourth-order valence-corrected chi connectivity index (χ4v) is 3.22. The van der Waals surface area contributed by atoms with Crippen molar-refractivity contribution >= 4 is 40.8 Å². The van der Waals surface area contributed by atoms with Gasteiger partial charge in [-0.25, -0.2) is 4.79 Å². The largest absolute Gasteiger partial charge is 0.478 e. The van der Waals surface area contributed by atoms with E-state index in [-0.39, 0.29) is 27.0 Å². The molecule has 0 bridgehead atoms. The highest BCUT2D eigenvalue weighted by molar-refractivity contribution is 6.40. The maximum absolute atomic E-state index is 12.2. The lowest BCUT2D eigenvalue weighted by Gasteiger charge is -2.16. The SMILES string of the molecule is Cc1cc(=O)n(-c2c(Cl)cc(Cl)cc2Cl)c(C)c1C(=O)O. The van der Waals surface area contributed by atoms with Crippen molar-refractivity contribution < 1.29 is 9.90 Å². The summed E-state index contributed by atoms with van der Waals surface area (Å²) in [5, 5.41) is 9.94. The predicted molar refractivity (Wildman–Crippen MR) is 83.5 cm³/mol. The number of rotatable bonds is 2. The van der Waals surface area contributed by atoms with Crippen LogP contribution in [0.1, 0.15) is 21.6 Å². The number of pyridine rings is 1. The lowest BCUT2D eigenvalue weighted by molar-refractivity contribution is 0.0694. The predicted octanol–water partition coefficient (Wildman–Crippen LogP) is 4.11. The van der Waals surface area contributed by atoms with E-state index in [2.05, 4.69) is 0 Å². The first-order chi connectivity index (χ1) is 9.73. The van der Waals surface area contributed by atoms with Crippen molar-refractivity contribution in [2.45, 2.75) is 13.8 Å². The van der Waals surface area contributed by atoms with E-state index in [9.17, 15) is 14.7 Å². The summed E-state index contributed by atoms with van der Waals surface area (Å²) in [6.07, 6.45) is 0. The Morgan fingerprint density at radius 2 is 1.62 bits per heavy atom. The van der Waals surface area contributed by atoms with Crippen LogP contribution in [0.2, 0.25) is 15.1 Å². The van der Waals surface area contributed by atoms with Crippen LogP contribution in [0.3, 0.4) is 0 Å². The molecule has 0 fully saturated rings. The zero-order chi connectivity index (χ0) is 15.9. The van der Waals surface area contributed by atoms with Crippen LogP contribution >= 0.6 is 34.8 Å². The summed E-state index contributed by atoms with van der Waals surface area (Å²) in [6.45, 7) is 3.09. The zero-order valence-corrected chi connectivity index (χ0v) is 13.3. The second-order valence-corrected chi connectivity index (χ2v) is 5.74. The molecule has 2 aromatic rings. The molecule has 0 spiro atoms. The first kappa shape index (κ1) is 15.9. The quantitative estimate of drug-likeness (QED) is 0.890. The van der Waals surface area contributed by atoms with Gasteiger partial charge in [0.2, 0.25) is 0 Å². The van der Waals surface area contributed by atoms with E-state index in [0.717, 1.165) is 0 Å². The van der Waals surface area contributed by atoms with Crippen molar-refractivity contribution in [3.05, 3.63) is 60.4 Å². The average molecular weight is 347 g/mol. The minimum absolute atomic E-state index is 0.0386. The van der Waals surface area contributed by atoms with E-state index in [4.69, 9.17) is 34.8 Å². The topological polar surface area (TPSA) is 59.3 Å². The number of hydrogen-bond acceptors (Lipinski definition) is 2. The molecule has 110 valence electrons. The van der Waals surface area contributed by atoms with Gasteiger partial charge in [0.1, 0.15) is 0 Å². The fraction of sp³-hybridized carbons (Fsp3) is 0.143. The summed E-state index contributed by atoms with van der Waals surface area (Å²) in [5.74, 6) is -1.13. The van der Waals surface area contributed by atoms with Crippen LogP contribution in [-0.4, -0.2) is 15.6 Å². The smallest absolute Gasteiger partial charge is 0.337 e. The van der Waals surface area contributed by atoms with Gasteiger partial charge < -0.3 is 5.11 Å². The van der Waals surface area contributed by atoms with Crippen LogP contribution in [0.4, 0.5) is 0 Å². The van der Waals surface area contributed by atoms with Gasteiger partial charge in [-0.1, -0.05) is 34.8 Å².